The van der Waals surface area contributed by atoms with E-state index in [1.54, 1.807) is 36.4 Å². The molecule has 136 valence electrons. The van der Waals surface area contributed by atoms with Crippen molar-refractivity contribution in [1.29, 1.82) is 0 Å². The predicted octanol–water partition coefficient (Wildman–Crippen LogP) is 2.34. The van der Waals surface area contributed by atoms with E-state index in [9.17, 15) is 13.2 Å². The van der Waals surface area contributed by atoms with Crippen LogP contribution in [0.5, 0.6) is 0 Å². The van der Waals surface area contributed by atoms with E-state index in [-0.39, 0.29) is 17.3 Å². The van der Waals surface area contributed by atoms with Crippen LogP contribution in [0.3, 0.4) is 0 Å². The van der Waals surface area contributed by atoms with Gasteiger partial charge in [0.15, 0.2) is 0 Å². The summed E-state index contributed by atoms with van der Waals surface area (Å²) in [5.74, 6) is -0.457. The largest absolute Gasteiger partial charge is 0.494 e. The number of carbonyl (C=O) groups excluding carboxylic acids is 1. The highest BCUT2D eigenvalue weighted by Crippen LogP contribution is 2.24. The van der Waals surface area contributed by atoms with Crippen molar-refractivity contribution in [1.82, 2.24) is 0 Å². The van der Waals surface area contributed by atoms with Gasteiger partial charge in [0.1, 0.15) is 19.5 Å². The lowest BCUT2D eigenvalue weighted by Gasteiger charge is -2.20. The fourth-order valence-corrected chi connectivity index (χ4v) is 3.59. The number of hydrogen-bond donors (Lipinski definition) is 1. The van der Waals surface area contributed by atoms with Crippen LogP contribution in [0, 0.1) is 0 Å². The molecule has 1 aliphatic rings. The number of amides is 1. The number of anilines is 2. The van der Waals surface area contributed by atoms with E-state index in [0.29, 0.717) is 18.0 Å². The first-order chi connectivity index (χ1) is 12.5. The van der Waals surface area contributed by atoms with Gasteiger partial charge in [-0.1, -0.05) is 24.3 Å². The van der Waals surface area contributed by atoms with Crippen LogP contribution in [-0.4, -0.2) is 34.6 Å². The smallest absolute Gasteiger partial charge is 0.294 e. The summed E-state index contributed by atoms with van der Waals surface area (Å²) in [6.45, 7) is 0.672. The van der Waals surface area contributed by atoms with Crippen molar-refractivity contribution < 1.29 is 22.7 Å². The van der Waals surface area contributed by atoms with Crippen LogP contribution in [-0.2, 0) is 24.3 Å². The molecule has 2 aromatic carbocycles. The maximum atomic E-state index is 12.8. The molecular weight excluding hydrogens is 356 g/mol. The zero-order valence-corrected chi connectivity index (χ0v) is 14.9. The third-order valence-corrected chi connectivity index (χ3v) is 5.52. The van der Waals surface area contributed by atoms with E-state index in [4.69, 9.17) is 9.47 Å². The van der Waals surface area contributed by atoms with Crippen LogP contribution < -0.4 is 9.62 Å². The molecule has 0 unspecified atom stereocenters. The van der Waals surface area contributed by atoms with Gasteiger partial charge in [-0.3, -0.25) is 9.10 Å². The van der Waals surface area contributed by atoms with E-state index < -0.39 is 15.9 Å². The summed E-state index contributed by atoms with van der Waals surface area (Å²) in [4.78, 5) is 12.2. The van der Waals surface area contributed by atoms with Crippen molar-refractivity contribution in [3.8, 4) is 0 Å². The molecule has 0 bridgehead atoms. The Labute approximate surface area is 151 Å². The predicted molar refractivity (Wildman–Crippen MR) is 97.1 cm³/mol. The molecule has 0 aromatic heterocycles. The molecule has 0 aliphatic carbocycles. The van der Waals surface area contributed by atoms with Gasteiger partial charge in [-0.25, -0.2) is 8.42 Å². The maximum absolute atomic E-state index is 12.8. The third kappa shape index (κ3) is 3.80. The van der Waals surface area contributed by atoms with Crippen molar-refractivity contribution in [2.75, 3.05) is 29.9 Å². The molecule has 0 spiro atoms. The van der Waals surface area contributed by atoms with Gasteiger partial charge in [-0.15, -0.1) is 0 Å². The van der Waals surface area contributed by atoms with Gasteiger partial charge in [0, 0.05) is 12.7 Å². The molecule has 1 aliphatic heterocycles. The summed E-state index contributed by atoms with van der Waals surface area (Å²) in [5.41, 5.74) is 0.882. The SMILES string of the molecule is CN(c1ccccc1)S(=O)(=O)c1cccc(NC(=O)C2=COCCO2)c1. The minimum absolute atomic E-state index is 0.0471. The number of rotatable bonds is 5. The number of ether oxygens (including phenoxy) is 2. The Balaban J connectivity index is 1.82. The van der Waals surface area contributed by atoms with Crippen molar-refractivity contribution >= 4 is 27.3 Å². The first-order valence-corrected chi connectivity index (χ1v) is 9.32. The highest BCUT2D eigenvalue weighted by molar-refractivity contribution is 7.92. The van der Waals surface area contributed by atoms with Crippen LogP contribution >= 0.6 is 0 Å². The fourth-order valence-electron chi connectivity index (χ4n) is 2.35. The second kappa shape index (κ2) is 7.49. The Hall–Kier alpha value is -3.00. The average molecular weight is 374 g/mol. The Morgan fingerprint density at radius 2 is 1.85 bits per heavy atom. The van der Waals surface area contributed by atoms with E-state index >= 15 is 0 Å². The molecule has 8 heteroatoms. The summed E-state index contributed by atoms with van der Waals surface area (Å²) in [7, 11) is -2.28. The summed E-state index contributed by atoms with van der Waals surface area (Å²) >= 11 is 0. The molecule has 7 nitrogen and oxygen atoms in total. The average Bonchev–Trinajstić information content (AvgIpc) is 2.69. The lowest BCUT2D eigenvalue weighted by atomic mass is 10.3. The minimum atomic E-state index is -3.76. The highest BCUT2D eigenvalue weighted by Gasteiger charge is 2.22. The monoisotopic (exact) mass is 374 g/mol. The van der Waals surface area contributed by atoms with E-state index in [1.807, 2.05) is 6.07 Å². The topological polar surface area (TPSA) is 84.9 Å². The molecule has 0 saturated carbocycles. The van der Waals surface area contributed by atoms with E-state index in [1.165, 1.54) is 29.7 Å². The second-order valence-electron chi connectivity index (χ2n) is 5.49. The number of para-hydroxylation sites is 1. The second-order valence-corrected chi connectivity index (χ2v) is 7.46. The lowest BCUT2D eigenvalue weighted by molar-refractivity contribution is -0.117. The van der Waals surface area contributed by atoms with E-state index in [0.717, 1.165) is 0 Å². The number of nitrogens with zero attached hydrogens (tertiary/aromatic N) is 1. The van der Waals surface area contributed by atoms with Crippen molar-refractivity contribution in [2.24, 2.45) is 0 Å². The molecule has 0 saturated heterocycles. The van der Waals surface area contributed by atoms with Gasteiger partial charge in [0.2, 0.25) is 5.76 Å². The summed E-state index contributed by atoms with van der Waals surface area (Å²) in [6, 6.07) is 14.8. The molecule has 26 heavy (non-hydrogen) atoms. The van der Waals surface area contributed by atoms with Gasteiger partial charge in [0.25, 0.3) is 15.9 Å². The third-order valence-electron chi connectivity index (χ3n) is 3.74. The molecule has 0 fully saturated rings. The Kier molecular flexibility index (Phi) is 5.13. The number of hydrogen-bond acceptors (Lipinski definition) is 5. The molecular formula is C18H18N2O5S. The molecule has 1 amide bonds. The molecule has 1 heterocycles. The van der Waals surface area contributed by atoms with Crippen molar-refractivity contribution in [3.05, 3.63) is 66.6 Å². The summed E-state index contributed by atoms with van der Waals surface area (Å²) < 4.78 is 37.1. The molecule has 3 rings (SSSR count). The van der Waals surface area contributed by atoms with Gasteiger partial charge in [-0.2, -0.15) is 0 Å². The standard InChI is InChI=1S/C18H18N2O5S/c1-20(15-7-3-2-4-8-15)26(22,23)16-9-5-6-14(12-16)19-18(21)17-13-24-10-11-25-17/h2-9,12-13H,10-11H2,1H3,(H,19,21). The van der Waals surface area contributed by atoms with Crippen LogP contribution in [0.25, 0.3) is 0 Å². The van der Waals surface area contributed by atoms with Crippen LogP contribution in [0.15, 0.2) is 71.5 Å². The summed E-state index contributed by atoms with van der Waals surface area (Å²) in [5, 5.41) is 2.61. The summed E-state index contributed by atoms with van der Waals surface area (Å²) in [6.07, 6.45) is 1.24. The van der Waals surface area contributed by atoms with Crippen molar-refractivity contribution in [2.45, 2.75) is 4.90 Å². The Morgan fingerprint density at radius 1 is 1.08 bits per heavy atom. The van der Waals surface area contributed by atoms with Crippen LogP contribution in [0.2, 0.25) is 0 Å². The zero-order chi connectivity index (χ0) is 18.6. The lowest BCUT2D eigenvalue weighted by Crippen LogP contribution is -2.26. The molecule has 0 radical (unpaired) electrons. The first kappa shape index (κ1) is 17.8. The van der Waals surface area contributed by atoms with Gasteiger partial charge < -0.3 is 14.8 Å². The number of nitrogens with one attached hydrogen (secondary N) is 1. The molecule has 0 atom stereocenters. The van der Waals surface area contributed by atoms with Crippen molar-refractivity contribution in [3.63, 3.8) is 0 Å². The van der Waals surface area contributed by atoms with Gasteiger partial charge >= 0.3 is 0 Å². The highest BCUT2D eigenvalue weighted by atomic mass is 32.2. The van der Waals surface area contributed by atoms with Gasteiger partial charge in [-0.05, 0) is 30.3 Å². The van der Waals surface area contributed by atoms with Gasteiger partial charge in [0.05, 0.1) is 10.6 Å². The number of benzene rings is 2. The quantitative estimate of drug-likeness (QED) is 0.868. The molecule has 2 aromatic rings. The van der Waals surface area contributed by atoms with Crippen LogP contribution in [0.1, 0.15) is 0 Å². The number of carbonyl (C=O) groups is 1. The Bertz CT molecular complexity index is 926. The minimum Gasteiger partial charge on any atom is -0.494 e. The van der Waals surface area contributed by atoms with E-state index in [2.05, 4.69) is 5.32 Å². The number of sulfonamides is 1. The Morgan fingerprint density at radius 3 is 2.54 bits per heavy atom. The van der Waals surface area contributed by atoms with Crippen LogP contribution in [0.4, 0.5) is 11.4 Å². The first-order valence-electron chi connectivity index (χ1n) is 7.88. The maximum Gasteiger partial charge on any atom is 0.294 e. The molecule has 1 N–H and O–H groups in total. The normalized spacial score (nSPS) is 13.8. The fraction of sp³-hybridized carbons (Fsp3) is 0.167. The zero-order valence-electron chi connectivity index (χ0n) is 14.1.